The summed E-state index contributed by atoms with van der Waals surface area (Å²) in [6.07, 6.45) is 0. The molecule has 3 N–H and O–H groups in total. The number of nitrogens with one attached hydrogen (secondary N) is 1. The largest absolute Gasteiger partial charge is 0.462 e. The van der Waals surface area contributed by atoms with Gasteiger partial charge in [0.15, 0.2) is 0 Å². The Kier molecular flexibility index (Phi) is 2.98. The van der Waals surface area contributed by atoms with E-state index in [9.17, 15) is 4.79 Å². The lowest BCUT2D eigenvalue weighted by atomic mass is 10.1. The highest BCUT2D eigenvalue weighted by molar-refractivity contribution is 6.32. The fourth-order valence-electron chi connectivity index (χ4n) is 1.77. The molecule has 2 rings (SSSR count). The predicted octanol–water partition coefficient (Wildman–Crippen LogP) is 2.89. The van der Waals surface area contributed by atoms with Crippen molar-refractivity contribution in [2.45, 2.75) is 13.8 Å². The van der Waals surface area contributed by atoms with Crippen LogP contribution in [0, 0.1) is 6.92 Å². The Balaban J connectivity index is 2.66. The zero-order valence-electron chi connectivity index (χ0n) is 9.63. The summed E-state index contributed by atoms with van der Waals surface area (Å²) in [5, 5.41) is 1.29. The van der Waals surface area contributed by atoms with Gasteiger partial charge >= 0.3 is 5.97 Å². The number of aryl methyl sites for hydroxylation is 1. The van der Waals surface area contributed by atoms with Gasteiger partial charge in [-0.15, -0.1) is 0 Å². The Morgan fingerprint density at radius 3 is 2.88 bits per heavy atom. The minimum absolute atomic E-state index is 0.306. The van der Waals surface area contributed by atoms with Crippen molar-refractivity contribution in [1.29, 1.82) is 0 Å². The van der Waals surface area contributed by atoms with Crippen LogP contribution in [0.25, 0.3) is 10.9 Å². The summed E-state index contributed by atoms with van der Waals surface area (Å²) in [6, 6.07) is 3.59. The van der Waals surface area contributed by atoms with Gasteiger partial charge in [0.05, 0.1) is 6.61 Å². The van der Waals surface area contributed by atoms with Crippen molar-refractivity contribution in [3.05, 3.63) is 28.3 Å². The maximum Gasteiger partial charge on any atom is 0.342 e. The Bertz CT molecular complexity index is 590. The Labute approximate surface area is 104 Å². The average Bonchev–Trinajstić information content (AvgIpc) is 2.55. The quantitative estimate of drug-likeness (QED) is 0.808. The Morgan fingerprint density at radius 1 is 1.53 bits per heavy atom. The monoisotopic (exact) mass is 252 g/mol. The molecule has 0 saturated carbocycles. The highest BCUT2D eigenvalue weighted by Crippen LogP contribution is 2.29. The number of H-pyrrole nitrogens is 1. The van der Waals surface area contributed by atoms with Gasteiger partial charge in [-0.1, -0.05) is 11.6 Å². The third-order valence-corrected chi connectivity index (χ3v) is 2.99. The normalized spacial score (nSPS) is 10.8. The van der Waals surface area contributed by atoms with Crippen molar-refractivity contribution in [1.82, 2.24) is 4.98 Å². The molecular formula is C12H13ClN2O2. The highest BCUT2D eigenvalue weighted by atomic mass is 35.5. The molecule has 0 aliphatic carbocycles. The first-order valence-corrected chi connectivity index (χ1v) is 5.66. The van der Waals surface area contributed by atoms with Gasteiger partial charge < -0.3 is 15.5 Å². The SMILES string of the molecule is CCOC(=O)c1c(N)[nH]c2cc(C)c(Cl)cc12. The first-order chi connectivity index (χ1) is 8.04. The van der Waals surface area contributed by atoms with E-state index in [-0.39, 0.29) is 0 Å². The van der Waals surface area contributed by atoms with E-state index in [0.717, 1.165) is 11.1 Å². The summed E-state index contributed by atoms with van der Waals surface area (Å²) in [7, 11) is 0. The number of rotatable bonds is 2. The van der Waals surface area contributed by atoms with Crippen molar-refractivity contribution in [2.75, 3.05) is 12.3 Å². The third kappa shape index (κ3) is 1.96. The van der Waals surface area contributed by atoms with Gasteiger partial charge in [-0.2, -0.15) is 0 Å². The summed E-state index contributed by atoms with van der Waals surface area (Å²) in [5.74, 6) is -0.128. The maximum atomic E-state index is 11.8. The molecule has 0 bridgehead atoms. The van der Waals surface area contributed by atoms with Crippen LogP contribution in [0.2, 0.25) is 5.02 Å². The van der Waals surface area contributed by atoms with Crippen LogP contribution < -0.4 is 5.73 Å². The molecule has 0 spiro atoms. The second-order valence-electron chi connectivity index (χ2n) is 3.78. The maximum absolute atomic E-state index is 11.8. The van der Waals surface area contributed by atoms with Crippen molar-refractivity contribution in [3.8, 4) is 0 Å². The molecule has 0 amide bonds. The van der Waals surface area contributed by atoms with Gasteiger partial charge in [0, 0.05) is 15.9 Å². The number of ether oxygens (including phenoxy) is 1. The number of hydrogen-bond donors (Lipinski definition) is 2. The molecule has 0 unspecified atom stereocenters. The number of fused-ring (bicyclic) bond motifs is 1. The number of carbonyl (C=O) groups excluding carboxylic acids is 1. The molecule has 1 aromatic carbocycles. The fourth-order valence-corrected chi connectivity index (χ4v) is 1.93. The molecule has 2 aromatic rings. The third-order valence-electron chi connectivity index (χ3n) is 2.59. The molecule has 0 aliphatic rings. The van der Waals surface area contributed by atoms with Crippen LogP contribution in [0.3, 0.4) is 0 Å². The molecule has 0 saturated heterocycles. The molecule has 0 fully saturated rings. The van der Waals surface area contributed by atoms with E-state index < -0.39 is 5.97 Å². The van der Waals surface area contributed by atoms with E-state index in [4.69, 9.17) is 22.1 Å². The summed E-state index contributed by atoms with van der Waals surface area (Å²) in [4.78, 5) is 14.7. The van der Waals surface area contributed by atoms with Gasteiger partial charge in [-0.3, -0.25) is 0 Å². The lowest BCUT2D eigenvalue weighted by molar-refractivity contribution is 0.0530. The molecule has 0 aliphatic heterocycles. The van der Waals surface area contributed by atoms with Gasteiger partial charge in [-0.25, -0.2) is 4.79 Å². The van der Waals surface area contributed by atoms with E-state index in [1.54, 1.807) is 13.0 Å². The second kappa shape index (κ2) is 4.30. The zero-order valence-corrected chi connectivity index (χ0v) is 10.4. The van der Waals surface area contributed by atoms with Gasteiger partial charge in [-0.05, 0) is 31.5 Å². The lowest BCUT2D eigenvalue weighted by Gasteiger charge is -2.02. The topological polar surface area (TPSA) is 68.1 Å². The highest BCUT2D eigenvalue weighted by Gasteiger charge is 2.18. The minimum Gasteiger partial charge on any atom is -0.462 e. The Morgan fingerprint density at radius 2 is 2.24 bits per heavy atom. The number of nitrogen functional groups attached to an aromatic ring is 1. The number of anilines is 1. The van der Waals surface area contributed by atoms with E-state index in [0.29, 0.717) is 28.4 Å². The first kappa shape index (κ1) is 11.8. The summed E-state index contributed by atoms with van der Waals surface area (Å²) >= 11 is 6.04. The van der Waals surface area contributed by atoms with E-state index in [2.05, 4.69) is 4.98 Å². The van der Waals surface area contributed by atoms with Crippen molar-refractivity contribution in [2.24, 2.45) is 0 Å². The van der Waals surface area contributed by atoms with Crippen LogP contribution in [0.15, 0.2) is 12.1 Å². The van der Waals surface area contributed by atoms with E-state index >= 15 is 0 Å². The number of benzene rings is 1. The molecule has 1 aromatic heterocycles. The standard InChI is InChI=1S/C12H13ClN2O2/c1-3-17-12(16)10-7-5-8(13)6(2)4-9(7)15-11(10)14/h4-5,15H,3,14H2,1-2H3. The van der Waals surface area contributed by atoms with Crippen LogP contribution in [0.1, 0.15) is 22.8 Å². The predicted molar refractivity (Wildman–Crippen MR) is 68.4 cm³/mol. The number of carbonyl (C=O) groups is 1. The fraction of sp³-hybridized carbons (Fsp3) is 0.250. The minimum atomic E-state index is -0.434. The van der Waals surface area contributed by atoms with Gasteiger partial charge in [0.2, 0.25) is 0 Å². The van der Waals surface area contributed by atoms with Crippen LogP contribution in [0.4, 0.5) is 5.82 Å². The number of nitrogens with two attached hydrogens (primary N) is 1. The molecule has 17 heavy (non-hydrogen) atoms. The van der Waals surface area contributed by atoms with Crippen molar-refractivity contribution in [3.63, 3.8) is 0 Å². The number of halogens is 1. The summed E-state index contributed by atoms with van der Waals surface area (Å²) < 4.78 is 4.96. The second-order valence-corrected chi connectivity index (χ2v) is 4.19. The smallest absolute Gasteiger partial charge is 0.342 e. The molecule has 0 radical (unpaired) electrons. The number of hydrogen-bond acceptors (Lipinski definition) is 3. The van der Waals surface area contributed by atoms with E-state index in [1.165, 1.54) is 0 Å². The first-order valence-electron chi connectivity index (χ1n) is 5.29. The number of esters is 1. The van der Waals surface area contributed by atoms with E-state index in [1.807, 2.05) is 13.0 Å². The zero-order chi connectivity index (χ0) is 12.6. The van der Waals surface area contributed by atoms with Crippen LogP contribution >= 0.6 is 11.6 Å². The van der Waals surface area contributed by atoms with Gasteiger partial charge in [0.1, 0.15) is 11.4 Å². The molecule has 90 valence electrons. The van der Waals surface area contributed by atoms with Gasteiger partial charge in [0.25, 0.3) is 0 Å². The van der Waals surface area contributed by atoms with Crippen molar-refractivity contribution >= 4 is 34.3 Å². The summed E-state index contributed by atoms with van der Waals surface area (Å²) in [6.45, 7) is 3.95. The van der Waals surface area contributed by atoms with Crippen molar-refractivity contribution < 1.29 is 9.53 Å². The lowest BCUT2D eigenvalue weighted by Crippen LogP contribution is -2.06. The Hall–Kier alpha value is -1.68. The molecule has 5 heteroatoms. The summed E-state index contributed by atoms with van der Waals surface area (Å²) in [5.41, 5.74) is 7.85. The number of aromatic nitrogens is 1. The average molecular weight is 253 g/mol. The van der Waals surface area contributed by atoms with Crippen LogP contribution in [0.5, 0.6) is 0 Å². The van der Waals surface area contributed by atoms with Crippen LogP contribution in [-0.2, 0) is 4.74 Å². The molecule has 4 nitrogen and oxygen atoms in total. The molecular weight excluding hydrogens is 240 g/mol. The van der Waals surface area contributed by atoms with Crippen LogP contribution in [-0.4, -0.2) is 17.6 Å². The molecule has 1 heterocycles. The number of aromatic amines is 1. The molecule has 0 atom stereocenters.